The zero-order valence-electron chi connectivity index (χ0n) is 16.2. The third-order valence-electron chi connectivity index (χ3n) is 4.37. The molecule has 0 aliphatic heterocycles. The number of carbonyl (C=O) groups is 1. The van der Waals surface area contributed by atoms with Gasteiger partial charge in [-0.25, -0.2) is 0 Å². The van der Waals surface area contributed by atoms with E-state index in [4.69, 9.17) is 9.47 Å². The maximum Gasteiger partial charge on any atom is 0.230 e. The third-order valence-corrected chi connectivity index (χ3v) is 4.37. The molecule has 0 fully saturated rings. The second-order valence-corrected chi connectivity index (χ2v) is 6.64. The maximum absolute atomic E-state index is 12.6. The zero-order valence-corrected chi connectivity index (χ0v) is 16.2. The minimum atomic E-state index is -0.559. The van der Waals surface area contributed by atoms with Crippen LogP contribution in [-0.2, 0) is 16.6 Å². The van der Waals surface area contributed by atoms with Crippen LogP contribution in [0, 0.1) is 0 Å². The van der Waals surface area contributed by atoms with Gasteiger partial charge in [-0.05, 0) is 57.4 Å². The first-order valence-electron chi connectivity index (χ1n) is 9.21. The highest BCUT2D eigenvalue weighted by atomic mass is 16.5. The quantitative estimate of drug-likeness (QED) is 0.736. The smallest absolute Gasteiger partial charge is 0.230 e. The van der Waals surface area contributed by atoms with E-state index in [2.05, 4.69) is 5.32 Å². The lowest BCUT2D eigenvalue weighted by molar-refractivity contribution is -0.125. The second kappa shape index (κ2) is 9.27. The fourth-order valence-corrected chi connectivity index (χ4v) is 2.78. The number of hydrogen-bond acceptors (Lipinski definition) is 3. The Morgan fingerprint density at radius 2 is 1.62 bits per heavy atom. The summed E-state index contributed by atoms with van der Waals surface area (Å²) in [6.07, 6.45) is 0.739. The molecule has 2 aromatic carbocycles. The van der Waals surface area contributed by atoms with E-state index in [1.807, 2.05) is 76.2 Å². The molecule has 2 rings (SSSR count). The van der Waals surface area contributed by atoms with E-state index in [0.717, 1.165) is 29.0 Å². The van der Waals surface area contributed by atoms with Crippen LogP contribution in [0.15, 0.2) is 48.5 Å². The van der Waals surface area contributed by atoms with Crippen LogP contribution in [-0.4, -0.2) is 25.7 Å². The van der Waals surface area contributed by atoms with Gasteiger partial charge >= 0.3 is 0 Å². The molecule has 0 radical (unpaired) electrons. The van der Waals surface area contributed by atoms with Crippen LogP contribution in [0.3, 0.4) is 0 Å². The minimum Gasteiger partial charge on any atom is -0.490 e. The van der Waals surface area contributed by atoms with Crippen molar-refractivity contribution in [2.45, 2.75) is 39.5 Å². The van der Waals surface area contributed by atoms with Crippen LogP contribution in [0.1, 0.15) is 38.8 Å². The molecule has 1 N–H and O–H groups in total. The lowest BCUT2D eigenvalue weighted by Gasteiger charge is -2.24. The number of carbonyl (C=O) groups excluding carboxylic acids is 1. The molecule has 1 amide bonds. The standard InChI is InChI=1S/C22H29NO3/c1-5-25-19-13-12-17(16-20(19)26-6-2)14-15-23-21(24)22(3,4)18-10-8-7-9-11-18/h7-13,16H,5-6,14-15H2,1-4H3,(H,23,24). The minimum absolute atomic E-state index is 0.0275. The summed E-state index contributed by atoms with van der Waals surface area (Å²) in [5.74, 6) is 1.54. The molecule has 26 heavy (non-hydrogen) atoms. The molecule has 0 bridgehead atoms. The van der Waals surface area contributed by atoms with Crippen molar-refractivity contribution < 1.29 is 14.3 Å². The summed E-state index contributed by atoms with van der Waals surface area (Å²) in [5.41, 5.74) is 1.56. The molecular formula is C22H29NO3. The molecule has 140 valence electrons. The highest BCUT2D eigenvalue weighted by molar-refractivity contribution is 5.87. The fourth-order valence-electron chi connectivity index (χ4n) is 2.78. The van der Waals surface area contributed by atoms with Gasteiger partial charge in [0.15, 0.2) is 11.5 Å². The van der Waals surface area contributed by atoms with Crippen LogP contribution in [0.25, 0.3) is 0 Å². The predicted octanol–water partition coefficient (Wildman–Crippen LogP) is 4.12. The number of ether oxygens (including phenoxy) is 2. The Bertz CT molecular complexity index is 711. The van der Waals surface area contributed by atoms with Crippen LogP contribution < -0.4 is 14.8 Å². The Hall–Kier alpha value is -2.49. The average molecular weight is 355 g/mol. The molecule has 4 nitrogen and oxygen atoms in total. The number of amides is 1. The number of nitrogens with one attached hydrogen (secondary N) is 1. The van der Waals surface area contributed by atoms with Crippen molar-refractivity contribution in [2.24, 2.45) is 0 Å². The molecule has 0 saturated heterocycles. The molecule has 0 heterocycles. The van der Waals surface area contributed by atoms with E-state index in [9.17, 15) is 4.79 Å². The van der Waals surface area contributed by atoms with Gasteiger partial charge in [-0.1, -0.05) is 36.4 Å². The van der Waals surface area contributed by atoms with Crippen molar-refractivity contribution in [1.82, 2.24) is 5.32 Å². The number of hydrogen-bond donors (Lipinski definition) is 1. The molecule has 4 heteroatoms. The Labute approximate surface area is 156 Å². The molecule has 2 aromatic rings. The van der Waals surface area contributed by atoms with Gasteiger partial charge in [0, 0.05) is 6.54 Å². The SMILES string of the molecule is CCOc1ccc(CCNC(=O)C(C)(C)c2ccccc2)cc1OCC. The second-order valence-electron chi connectivity index (χ2n) is 6.64. The molecule has 0 aliphatic carbocycles. The first-order valence-corrected chi connectivity index (χ1v) is 9.21. The Morgan fingerprint density at radius 3 is 2.27 bits per heavy atom. The Kier molecular flexibility index (Phi) is 7.07. The lowest BCUT2D eigenvalue weighted by atomic mass is 9.84. The molecular weight excluding hydrogens is 326 g/mol. The van der Waals surface area contributed by atoms with Crippen LogP contribution in [0.4, 0.5) is 0 Å². The molecule has 0 aliphatic rings. The summed E-state index contributed by atoms with van der Waals surface area (Å²) in [4.78, 5) is 12.6. The Balaban J connectivity index is 1.96. The van der Waals surface area contributed by atoms with Crippen molar-refractivity contribution in [3.05, 3.63) is 59.7 Å². The number of benzene rings is 2. The topological polar surface area (TPSA) is 47.6 Å². The third kappa shape index (κ3) is 5.01. The predicted molar refractivity (Wildman–Crippen MR) is 105 cm³/mol. The van der Waals surface area contributed by atoms with Gasteiger partial charge < -0.3 is 14.8 Å². The maximum atomic E-state index is 12.6. The summed E-state index contributed by atoms with van der Waals surface area (Å²) in [7, 11) is 0. The molecule has 0 unspecified atom stereocenters. The summed E-state index contributed by atoms with van der Waals surface area (Å²) in [6, 6.07) is 15.8. The molecule has 0 saturated carbocycles. The Morgan fingerprint density at radius 1 is 0.962 bits per heavy atom. The lowest BCUT2D eigenvalue weighted by Crippen LogP contribution is -2.40. The van der Waals surface area contributed by atoms with E-state index < -0.39 is 5.41 Å². The first-order chi connectivity index (χ1) is 12.5. The van der Waals surface area contributed by atoms with Crippen molar-refractivity contribution in [1.29, 1.82) is 0 Å². The van der Waals surface area contributed by atoms with E-state index >= 15 is 0 Å². The van der Waals surface area contributed by atoms with Gasteiger partial charge in [0.1, 0.15) is 0 Å². The van der Waals surface area contributed by atoms with E-state index in [1.165, 1.54) is 0 Å². The number of rotatable bonds is 9. The summed E-state index contributed by atoms with van der Waals surface area (Å²) >= 11 is 0. The normalized spacial score (nSPS) is 11.1. The van der Waals surface area contributed by atoms with Gasteiger partial charge in [0.05, 0.1) is 18.6 Å². The summed E-state index contributed by atoms with van der Waals surface area (Å²) in [6.45, 7) is 9.57. The van der Waals surface area contributed by atoms with Crippen molar-refractivity contribution in [3.8, 4) is 11.5 Å². The van der Waals surface area contributed by atoms with E-state index in [1.54, 1.807) is 0 Å². The van der Waals surface area contributed by atoms with Gasteiger partial charge in [0.2, 0.25) is 5.91 Å². The highest BCUT2D eigenvalue weighted by Crippen LogP contribution is 2.28. The largest absolute Gasteiger partial charge is 0.490 e. The average Bonchev–Trinajstić information content (AvgIpc) is 2.64. The van der Waals surface area contributed by atoms with Gasteiger partial charge in [0.25, 0.3) is 0 Å². The molecule has 0 spiro atoms. The van der Waals surface area contributed by atoms with Gasteiger partial charge in [-0.2, -0.15) is 0 Å². The molecule has 0 atom stereocenters. The van der Waals surface area contributed by atoms with Crippen LogP contribution in [0.2, 0.25) is 0 Å². The fraction of sp³-hybridized carbons (Fsp3) is 0.409. The summed E-state index contributed by atoms with van der Waals surface area (Å²) in [5, 5.41) is 3.05. The van der Waals surface area contributed by atoms with Crippen molar-refractivity contribution in [2.75, 3.05) is 19.8 Å². The monoisotopic (exact) mass is 355 g/mol. The van der Waals surface area contributed by atoms with Crippen molar-refractivity contribution in [3.63, 3.8) is 0 Å². The van der Waals surface area contributed by atoms with Crippen LogP contribution in [0.5, 0.6) is 11.5 Å². The highest BCUT2D eigenvalue weighted by Gasteiger charge is 2.29. The van der Waals surface area contributed by atoms with Gasteiger partial charge in [-0.15, -0.1) is 0 Å². The first kappa shape index (κ1) is 19.8. The van der Waals surface area contributed by atoms with Crippen molar-refractivity contribution >= 4 is 5.91 Å². The summed E-state index contributed by atoms with van der Waals surface area (Å²) < 4.78 is 11.2. The zero-order chi connectivity index (χ0) is 19.0. The molecule has 0 aromatic heterocycles. The van der Waals surface area contributed by atoms with Crippen LogP contribution >= 0.6 is 0 Å². The van der Waals surface area contributed by atoms with E-state index in [-0.39, 0.29) is 5.91 Å². The van der Waals surface area contributed by atoms with E-state index in [0.29, 0.717) is 19.8 Å². The van der Waals surface area contributed by atoms with Gasteiger partial charge in [-0.3, -0.25) is 4.79 Å².